The zero-order valence-corrected chi connectivity index (χ0v) is 12.6. The van der Waals surface area contributed by atoms with Gasteiger partial charge in [-0.3, -0.25) is 4.79 Å². The van der Waals surface area contributed by atoms with Gasteiger partial charge in [-0.25, -0.2) is 0 Å². The summed E-state index contributed by atoms with van der Waals surface area (Å²) in [7, 11) is 0. The van der Waals surface area contributed by atoms with Gasteiger partial charge < -0.3 is 20.7 Å². The van der Waals surface area contributed by atoms with Crippen LogP contribution in [0.1, 0.15) is 6.92 Å². The molecule has 1 aliphatic rings. The number of amidine groups is 1. The first-order valence-corrected chi connectivity index (χ1v) is 7.17. The highest BCUT2D eigenvalue weighted by atomic mass is 35.5. The smallest absolute Gasteiger partial charge is 0.233 e. The molecule has 0 spiro atoms. The van der Waals surface area contributed by atoms with Crippen LogP contribution in [-0.4, -0.2) is 48.0 Å². The third kappa shape index (κ3) is 3.58. The molecule has 2 rings (SSSR count). The maximum atomic E-state index is 12.2. The quantitative estimate of drug-likeness (QED) is 0.382. The molecule has 6 nitrogen and oxygen atoms in total. The number of amides is 1. The summed E-state index contributed by atoms with van der Waals surface area (Å²) >= 11 is 5.99. The Hall–Kier alpha value is -1.95. The van der Waals surface area contributed by atoms with Gasteiger partial charge in [-0.15, -0.1) is 0 Å². The van der Waals surface area contributed by atoms with Gasteiger partial charge in [0.2, 0.25) is 5.91 Å². The van der Waals surface area contributed by atoms with Crippen molar-refractivity contribution in [2.75, 3.05) is 31.1 Å². The number of halogens is 1. The molecule has 0 radical (unpaired) electrons. The molecule has 1 aliphatic heterocycles. The maximum absolute atomic E-state index is 12.2. The Bertz CT molecular complexity index is 542. The average Bonchev–Trinajstić information content (AvgIpc) is 2.53. The molecule has 21 heavy (non-hydrogen) atoms. The van der Waals surface area contributed by atoms with Crippen molar-refractivity contribution < 1.29 is 10.0 Å². The SMILES string of the molecule is CC(C(=O)N1CCN(c2cccc(Cl)c2)CC1)C(N)=NO. The van der Waals surface area contributed by atoms with E-state index >= 15 is 0 Å². The van der Waals surface area contributed by atoms with Crippen molar-refractivity contribution in [3.63, 3.8) is 0 Å². The molecule has 1 unspecified atom stereocenters. The summed E-state index contributed by atoms with van der Waals surface area (Å²) in [6, 6.07) is 7.67. The second kappa shape index (κ2) is 6.67. The number of carbonyl (C=O) groups is 1. The molecule has 0 saturated carbocycles. The first kappa shape index (κ1) is 15.4. The van der Waals surface area contributed by atoms with Crippen LogP contribution >= 0.6 is 11.6 Å². The summed E-state index contributed by atoms with van der Waals surface area (Å²) in [6.45, 7) is 4.31. The molecule has 0 bridgehead atoms. The lowest BCUT2D eigenvalue weighted by atomic mass is 10.1. The maximum Gasteiger partial charge on any atom is 0.233 e. The number of piperazine rings is 1. The van der Waals surface area contributed by atoms with Gasteiger partial charge in [0, 0.05) is 36.9 Å². The third-order valence-corrected chi connectivity index (χ3v) is 3.93. The summed E-state index contributed by atoms with van der Waals surface area (Å²) in [4.78, 5) is 16.1. The predicted octanol–water partition coefficient (Wildman–Crippen LogP) is 1.37. The van der Waals surface area contributed by atoms with Crippen molar-refractivity contribution in [1.29, 1.82) is 0 Å². The molecule has 1 aromatic carbocycles. The van der Waals surface area contributed by atoms with Crippen LogP contribution < -0.4 is 10.6 Å². The minimum absolute atomic E-state index is 0.0581. The number of carbonyl (C=O) groups excluding carboxylic acids is 1. The molecular weight excluding hydrogens is 292 g/mol. The molecular formula is C14H19ClN4O2. The molecule has 1 atom stereocenters. The van der Waals surface area contributed by atoms with Gasteiger partial charge in [0.15, 0.2) is 5.84 Å². The number of oxime groups is 1. The van der Waals surface area contributed by atoms with Crippen molar-refractivity contribution in [2.24, 2.45) is 16.8 Å². The van der Waals surface area contributed by atoms with Crippen molar-refractivity contribution >= 4 is 29.0 Å². The van der Waals surface area contributed by atoms with Gasteiger partial charge in [0.25, 0.3) is 0 Å². The molecule has 1 fully saturated rings. The fourth-order valence-electron chi connectivity index (χ4n) is 2.34. The number of rotatable bonds is 3. The van der Waals surface area contributed by atoms with Crippen LogP contribution in [0, 0.1) is 5.92 Å². The summed E-state index contributed by atoms with van der Waals surface area (Å²) in [5.41, 5.74) is 6.54. The number of anilines is 1. The van der Waals surface area contributed by atoms with Crippen LogP contribution in [-0.2, 0) is 4.79 Å². The standard InChI is InChI=1S/C14H19ClN4O2/c1-10(13(16)17-21)14(20)19-7-5-18(6-8-19)12-4-2-3-11(15)9-12/h2-4,9-10,21H,5-8H2,1H3,(H2,16,17). The number of nitrogens with zero attached hydrogens (tertiary/aromatic N) is 3. The molecule has 1 amide bonds. The van der Waals surface area contributed by atoms with E-state index in [0.29, 0.717) is 18.1 Å². The normalized spacial score (nSPS) is 17.7. The predicted molar refractivity (Wildman–Crippen MR) is 82.8 cm³/mol. The van der Waals surface area contributed by atoms with Crippen molar-refractivity contribution in [1.82, 2.24) is 4.90 Å². The van der Waals surface area contributed by atoms with E-state index in [0.717, 1.165) is 18.8 Å². The summed E-state index contributed by atoms with van der Waals surface area (Å²) in [5, 5.41) is 12.2. The van der Waals surface area contributed by atoms with Crippen LogP contribution in [0.5, 0.6) is 0 Å². The minimum atomic E-state index is -0.604. The van der Waals surface area contributed by atoms with E-state index in [-0.39, 0.29) is 11.7 Å². The molecule has 0 aliphatic carbocycles. The molecule has 1 heterocycles. The number of hydrogen-bond acceptors (Lipinski definition) is 4. The van der Waals surface area contributed by atoms with E-state index < -0.39 is 5.92 Å². The topological polar surface area (TPSA) is 82.2 Å². The lowest BCUT2D eigenvalue weighted by molar-refractivity contribution is -0.133. The van der Waals surface area contributed by atoms with Gasteiger partial charge in [-0.1, -0.05) is 22.8 Å². The van der Waals surface area contributed by atoms with E-state index in [2.05, 4.69) is 10.1 Å². The Morgan fingerprint density at radius 2 is 2.05 bits per heavy atom. The van der Waals surface area contributed by atoms with Gasteiger partial charge in [-0.2, -0.15) is 0 Å². The van der Waals surface area contributed by atoms with Crippen LogP contribution in [0.2, 0.25) is 5.02 Å². The highest BCUT2D eigenvalue weighted by molar-refractivity contribution is 6.30. The van der Waals surface area contributed by atoms with E-state index in [4.69, 9.17) is 22.5 Å². The fourth-order valence-corrected chi connectivity index (χ4v) is 2.53. The molecule has 1 aromatic rings. The summed E-state index contributed by atoms with van der Waals surface area (Å²) in [6.07, 6.45) is 0. The van der Waals surface area contributed by atoms with Crippen LogP contribution in [0.25, 0.3) is 0 Å². The van der Waals surface area contributed by atoms with E-state index in [1.165, 1.54) is 0 Å². The zero-order valence-electron chi connectivity index (χ0n) is 11.9. The highest BCUT2D eigenvalue weighted by Crippen LogP contribution is 2.21. The number of benzene rings is 1. The van der Waals surface area contributed by atoms with Gasteiger partial charge in [-0.05, 0) is 25.1 Å². The Kier molecular flexibility index (Phi) is 4.90. The molecule has 1 saturated heterocycles. The van der Waals surface area contributed by atoms with Gasteiger partial charge in [0.05, 0.1) is 5.92 Å². The van der Waals surface area contributed by atoms with Crippen molar-refractivity contribution in [2.45, 2.75) is 6.92 Å². The Balaban J connectivity index is 1.96. The second-order valence-electron chi connectivity index (χ2n) is 5.04. The summed E-state index contributed by atoms with van der Waals surface area (Å²) in [5.74, 6) is -0.777. The lowest BCUT2D eigenvalue weighted by Crippen LogP contribution is -2.51. The van der Waals surface area contributed by atoms with Gasteiger partial charge in [0.1, 0.15) is 0 Å². The Morgan fingerprint density at radius 1 is 1.38 bits per heavy atom. The lowest BCUT2D eigenvalue weighted by Gasteiger charge is -2.37. The highest BCUT2D eigenvalue weighted by Gasteiger charge is 2.27. The fraction of sp³-hybridized carbons (Fsp3) is 0.429. The zero-order chi connectivity index (χ0) is 15.4. The Labute approximate surface area is 128 Å². The largest absolute Gasteiger partial charge is 0.409 e. The minimum Gasteiger partial charge on any atom is -0.409 e. The van der Waals surface area contributed by atoms with E-state index in [1.807, 2.05) is 24.3 Å². The first-order chi connectivity index (χ1) is 10.0. The molecule has 7 heteroatoms. The van der Waals surface area contributed by atoms with Crippen molar-refractivity contribution in [3.05, 3.63) is 29.3 Å². The van der Waals surface area contributed by atoms with E-state index in [9.17, 15) is 4.79 Å². The number of nitrogens with two attached hydrogens (primary N) is 1. The van der Waals surface area contributed by atoms with Gasteiger partial charge >= 0.3 is 0 Å². The van der Waals surface area contributed by atoms with Crippen LogP contribution in [0.4, 0.5) is 5.69 Å². The van der Waals surface area contributed by atoms with Crippen LogP contribution in [0.15, 0.2) is 29.4 Å². The molecule has 0 aromatic heterocycles. The molecule has 3 N–H and O–H groups in total. The average molecular weight is 311 g/mol. The molecule has 114 valence electrons. The number of hydrogen-bond donors (Lipinski definition) is 2. The van der Waals surface area contributed by atoms with Crippen LogP contribution in [0.3, 0.4) is 0 Å². The first-order valence-electron chi connectivity index (χ1n) is 6.79. The summed E-state index contributed by atoms with van der Waals surface area (Å²) < 4.78 is 0. The Morgan fingerprint density at radius 3 is 2.62 bits per heavy atom. The van der Waals surface area contributed by atoms with E-state index in [1.54, 1.807) is 11.8 Å². The second-order valence-corrected chi connectivity index (χ2v) is 5.48. The monoisotopic (exact) mass is 310 g/mol. The van der Waals surface area contributed by atoms with Crippen molar-refractivity contribution in [3.8, 4) is 0 Å². The third-order valence-electron chi connectivity index (χ3n) is 3.69.